The lowest BCUT2D eigenvalue weighted by Gasteiger charge is -2.22. The predicted molar refractivity (Wildman–Crippen MR) is 119 cm³/mol. The molecule has 1 aromatic carbocycles. The van der Waals surface area contributed by atoms with E-state index >= 15 is 0 Å². The summed E-state index contributed by atoms with van der Waals surface area (Å²) in [6.07, 6.45) is 1.38. The quantitative estimate of drug-likeness (QED) is 0.434. The van der Waals surface area contributed by atoms with Gasteiger partial charge in [-0.05, 0) is 24.3 Å². The number of aromatic amines is 1. The Hall–Kier alpha value is -4.36. The topological polar surface area (TPSA) is 101 Å². The van der Waals surface area contributed by atoms with Gasteiger partial charge in [-0.25, -0.2) is 18.6 Å². The minimum absolute atomic E-state index is 0.0307. The molecule has 0 saturated carbocycles. The largest absolute Gasteiger partial charge is 0.383 e. The van der Waals surface area contributed by atoms with Crippen LogP contribution in [-0.4, -0.2) is 25.8 Å². The lowest BCUT2D eigenvalue weighted by atomic mass is 10.1. The standard InChI is InChI=1S/C24H18F2N6O2/c1-28-13-5-6-14(29-8-13)9-32(10-15-18(25)3-2-4-19(15)26)24(33)21-7-20-22(30-21)16-11-34-12-17(16)23(27)31-20/h2-8,30H,9-12H2,(H2,27,31). The van der Waals surface area contributed by atoms with Crippen molar-refractivity contribution in [2.75, 3.05) is 5.73 Å². The summed E-state index contributed by atoms with van der Waals surface area (Å²) in [4.78, 5) is 29.8. The molecule has 4 heterocycles. The van der Waals surface area contributed by atoms with Gasteiger partial charge in [0, 0.05) is 22.9 Å². The monoisotopic (exact) mass is 460 g/mol. The normalized spacial score (nSPS) is 12.5. The number of ether oxygens (including phenoxy) is 1. The van der Waals surface area contributed by atoms with Gasteiger partial charge in [0.15, 0.2) is 0 Å². The van der Waals surface area contributed by atoms with Crippen molar-refractivity contribution in [1.82, 2.24) is 19.9 Å². The molecule has 1 aliphatic rings. The van der Waals surface area contributed by atoms with Crippen molar-refractivity contribution < 1.29 is 18.3 Å². The number of rotatable bonds is 5. The summed E-state index contributed by atoms with van der Waals surface area (Å²) in [6, 6.07) is 8.28. The molecule has 0 atom stereocenters. The van der Waals surface area contributed by atoms with Crippen LogP contribution in [0.2, 0.25) is 0 Å². The third-order valence-electron chi connectivity index (χ3n) is 5.73. The summed E-state index contributed by atoms with van der Waals surface area (Å²) in [5, 5.41) is 0. The first-order valence-corrected chi connectivity index (χ1v) is 10.4. The number of nitrogens with one attached hydrogen (secondary N) is 1. The number of halogens is 2. The Bertz CT molecular complexity index is 1440. The molecule has 0 radical (unpaired) electrons. The fourth-order valence-electron chi connectivity index (χ4n) is 3.97. The van der Waals surface area contributed by atoms with Crippen molar-refractivity contribution in [2.45, 2.75) is 26.3 Å². The van der Waals surface area contributed by atoms with Crippen molar-refractivity contribution in [1.29, 1.82) is 0 Å². The van der Waals surface area contributed by atoms with Gasteiger partial charge in [0.05, 0.1) is 49.6 Å². The Labute approximate surface area is 192 Å². The van der Waals surface area contributed by atoms with Gasteiger partial charge >= 0.3 is 0 Å². The molecule has 0 saturated heterocycles. The molecule has 34 heavy (non-hydrogen) atoms. The molecule has 0 fully saturated rings. The Kier molecular flexibility index (Phi) is 5.39. The van der Waals surface area contributed by atoms with Gasteiger partial charge < -0.3 is 20.4 Å². The van der Waals surface area contributed by atoms with Crippen molar-refractivity contribution in [3.05, 3.63) is 93.7 Å². The third-order valence-corrected chi connectivity index (χ3v) is 5.73. The summed E-state index contributed by atoms with van der Waals surface area (Å²) >= 11 is 0. The first-order valence-electron chi connectivity index (χ1n) is 10.4. The number of aromatic nitrogens is 3. The average Bonchev–Trinajstić information content (AvgIpc) is 3.48. The first kappa shape index (κ1) is 21.5. The number of H-pyrrole nitrogens is 1. The number of carbonyl (C=O) groups is 1. The van der Waals surface area contributed by atoms with E-state index in [4.69, 9.17) is 17.0 Å². The molecule has 0 bridgehead atoms. The summed E-state index contributed by atoms with van der Waals surface area (Å²) in [6.45, 7) is 7.39. The van der Waals surface area contributed by atoms with Crippen LogP contribution < -0.4 is 5.73 Å². The van der Waals surface area contributed by atoms with E-state index in [0.29, 0.717) is 41.4 Å². The maximum absolute atomic E-state index is 14.4. The summed E-state index contributed by atoms with van der Waals surface area (Å²) in [5.41, 5.74) is 9.56. The number of anilines is 1. The minimum atomic E-state index is -0.754. The van der Waals surface area contributed by atoms with E-state index in [1.54, 1.807) is 18.2 Å². The van der Waals surface area contributed by atoms with E-state index < -0.39 is 17.5 Å². The highest BCUT2D eigenvalue weighted by Crippen LogP contribution is 2.31. The second kappa shape index (κ2) is 8.53. The average molecular weight is 460 g/mol. The third kappa shape index (κ3) is 3.82. The van der Waals surface area contributed by atoms with E-state index in [9.17, 15) is 13.6 Å². The fourth-order valence-corrected chi connectivity index (χ4v) is 3.97. The molecule has 5 rings (SSSR count). The number of hydrogen-bond acceptors (Lipinski definition) is 5. The predicted octanol–water partition coefficient (Wildman–Crippen LogP) is 4.24. The summed E-state index contributed by atoms with van der Waals surface area (Å²) in [7, 11) is 0. The van der Waals surface area contributed by atoms with Gasteiger partial charge in [-0.15, -0.1) is 0 Å². The van der Waals surface area contributed by atoms with Gasteiger partial charge in [-0.3, -0.25) is 9.78 Å². The molecular formula is C24H18F2N6O2. The van der Waals surface area contributed by atoms with Gasteiger partial charge in [-0.1, -0.05) is 12.1 Å². The van der Waals surface area contributed by atoms with Crippen LogP contribution in [0.4, 0.5) is 20.3 Å². The Morgan fingerprint density at radius 3 is 2.65 bits per heavy atom. The molecule has 3 aromatic heterocycles. The number of nitrogens with two attached hydrogens (primary N) is 1. The van der Waals surface area contributed by atoms with Crippen LogP contribution in [0.3, 0.4) is 0 Å². The number of nitrogen functional groups attached to an aromatic ring is 1. The number of benzene rings is 1. The zero-order chi connectivity index (χ0) is 23.8. The number of hydrogen-bond donors (Lipinski definition) is 2. The lowest BCUT2D eigenvalue weighted by Crippen LogP contribution is -2.31. The molecule has 3 N–H and O–H groups in total. The van der Waals surface area contributed by atoms with Crippen LogP contribution in [-0.2, 0) is 31.0 Å². The highest BCUT2D eigenvalue weighted by molar-refractivity contribution is 5.98. The van der Waals surface area contributed by atoms with Crippen molar-refractivity contribution in [3.8, 4) is 0 Å². The maximum atomic E-state index is 14.4. The summed E-state index contributed by atoms with van der Waals surface area (Å²) < 4.78 is 34.3. The molecule has 0 spiro atoms. The zero-order valence-corrected chi connectivity index (χ0v) is 17.8. The van der Waals surface area contributed by atoms with Gasteiger partial charge in [0.1, 0.15) is 23.1 Å². The highest BCUT2D eigenvalue weighted by atomic mass is 19.1. The molecule has 1 aliphatic heterocycles. The van der Waals surface area contributed by atoms with Crippen molar-refractivity contribution in [2.24, 2.45) is 0 Å². The molecule has 8 nitrogen and oxygen atoms in total. The van der Waals surface area contributed by atoms with Crippen LogP contribution in [0.15, 0.2) is 42.6 Å². The molecule has 10 heteroatoms. The van der Waals surface area contributed by atoms with Crippen LogP contribution in [0.1, 0.15) is 32.9 Å². The Morgan fingerprint density at radius 1 is 1.18 bits per heavy atom. The number of carbonyl (C=O) groups excluding carboxylic acids is 1. The van der Waals surface area contributed by atoms with Gasteiger partial charge in [-0.2, -0.15) is 0 Å². The Balaban J connectivity index is 1.53. The second-order valence-corrected chi connectivity index (χ2v) is 7.87. The number of nitrogens with zero attached hydrogens (tertiary/aromatic N) is 4. The molecule has 0 aliphatic carbocycles. The first-order chi connectivity index (χ1) is 16.4. The SMILES string of the molecule is [C-]#[N+]c1ccc(CN(Cc2c(F)cccc2F)C(=O)c2cc3nc(N)c4c(c3[nH]2)COC4)nc1. The molecule has 1 amide bonds. The van der Waals surface area contributed by atoms with E-state index in [-0.39, 0.29) is 24.3 Å². The molecule has 170 valence electrons. The van der Waals surface area contributed by atoms with Gasteiger partial charge in [0.2, 0.25) is 5.69 Å². The van der Waals surface area contributed by atoms with E-state index in [0.717, 1.165) is 23.3 Å². The van der Waals surface area contributed by atoms with Crippen molar-refractivity contribution >= 4 is 28.4 Å². The molecular weight excluding hydrogens is 442 g/mol. The Morgan fingerprint density at radius 2 is 1.94 bits per heavy atom. The zero-order valence-electron chi connectivity index (χ0n) is 17.8. The van der Waals surface area contributed by atoms with Crippen LogP contribution in [0.5, 0.6) is 0 Å². The van der Waals surface area contributed by atoms with Crippen LogP contribution in [0, 0.1) is 18.2 Å². The van der Waals surface area contributed by atoms with E-state index in [1.807, 2.05) is 0 Å². The maximum Gasteiger partial charge on any atom is 0.271 e. The smallest absolute Gasteiger partial charge is 0.271 e. The second-order valence-electron chi connectivity index (χ2n) is 7.87. The molecule has 4 aromatic rings. The number of pyridine rings is 2. The van der Waals surface area contributed by atoms with Crippen LogP contribution in [0.25, 0.3) is 15.9 Å². The van der Waals surface area contributed by atoms with Crippen LogP contribution >= 0.6 is 0 Å². The van der Waals surface area contributed by atoms with Crippen molar-refractivity contribution in [3.63, 3.8) is 0 Å². The fraction of sp³-hybridized carbons (Fsp3) is 0.167. The van der Waals surface area contributed by atoms with E-state index in [1.165, 1.54) is 17.2 Å². The van der Waals surface area contributed by atoms with E-state index in [2.05, 4.69) is 19.8 Å². The summed E-state index contributed by atoms with van der Waals surface area (Å²) in [5.74, 6) is -1.67. The lowest BCUT2D eigenvalue weighted by molar-refractivity contribution is 0.0719. The van der Waals surface area contributed by atoms with Gasteiger partial charge in [0.25, 0.3) is 5.91 Å². The minimum Gasteiger partial charge on any atom is -0.383 e. The number of amides is 1. The highest BCUT2D eigenvalue weighted by Gasteiger charge is 2.25. The molecule has 0 unspecified atom stereocenters. The number of fused-ring (bicyclic) bond motifs is 3.